The zero-order valence-electron chi connectivity index (χ0n) is 18.8. The van der Waals surface area contributed by atoms with Gasteiger partial charge in [-0.25, -0.2) is 4.79 Å². The highest BCUT2D eigenvalue weighted by molar-refractivity contribution is 7.66. The highest BCUT2D eigenvalue weighted by Crippen LogP contribution is 2.42. The van der Waals surface area contributed by atoms with Crippen LogP contribution in [0.5, 0.6) is 0 Å². The first-order valence-corrected chi connectivity index (χ1v) is 12.0. The molecule has 0 spiro atoms. The fourth-order valence-electron chi connectivity index (χ4n) is 3.08. The van der Waals surface area contributed by atoms with Gasteiger partial charge in [0, 0.05) is 30.6 Å². The van der Waals surface area contributed by atoms with Crippen LogP contribution in [-0.2, 0) is 35.0 Å². The van der Waals surface area contributed by atoms with Gasteiger partial charge in [0.05, 0.1) is 20.1 Å². The van der Waals surface area contributed by atoms with E-state index in [1.54, 1.807) is 0 Å². The van der Waals surface area contributed by atoms with E-state index in [9.17, 15) is 23.8 Å². The Morgan fingerprint density at radius 3 is 2.21 bits per heavy atom. The molecule has 9 nitrogen and oxygen atoms in total. The normalized spacial score (nSPS) is 13.3. The van der Waals surface area contributed by atoms with Crippen molar-refractivity contribution in [2.45, 2.75) is 19.4 Å². The van der Waals surface area contributed by atoms with Crippen LogP contribution in [0.15, 0.2) is 54.6 Å². The summed E-state index contributed by atoms with van der Waals surface area (Å²) in [5, 5.41) is 0.115. The summed E-state index contributed by atoms with van der Waals surface area (Å²) in [6.45, 7) is 0.119. The van der Waals surface area contributed by atoms with Crippen LogP contribution >= 0.6 is 7.37 Å². The van der Waals surface area contributed by atoms with Gasteiger partial charge in [-0.05, 0) is 36.2 Å². The van der Waals surface area contributed by atoms with Crippen molar-refractivity contribution in [1.29, 1.82) is 0 Å². The van der Waals surface area contributed by atoms with Crippen LogP contribution in [0.4, 0.5) is 10.5 Å². The fraction of sp³-hybridized carbons (Fsp3) is 0.348. The molecule has 0 radical (unpaired) electrons. The molecule has 0 heterocycles. The maximum atomic E-state index is 13.0. The average Bonchev–Trinajstić information content (AvgIpc) is 2.84. The summed E-state index contributed by atoms with van der Waals surface area (Å²) in [6.07, 6.45) is -1.01. The van der Waals surface area contributed by atoms with Crippen molar-refractivity contribution in [3.63, 3.8) is 0 Å². The number of hydrogen-bond donors (Lipinski definition) is 1. The van der Waals surface area contributed by atoms with Crippen LogP contribution in [0.25, 0.3) is 0 Å². The van der Waals surface area contributed by atoms with Crippen LogP contribution in [0.2, 0.25) is 0 Å². The van der Waals surface area contributed by atoms with Crippen molar-refractivity contribution in [2.75, 3.05) is 32.3 Å². The molecule has 2 rings (SSSR count). The number of carbonyl (C=O) groups is 3. The Morgan fingerprint density at radius 2 is 1.64 bits per heavy atom. The number of rotatable bonds is 10. The van der Waals surface area contributed by atoms with Crippen molar-refractivity contribution in [1.82, 2.24) is 0 Å². The molecule has 1 amide bonds. The van der Waals surface area contributed by atoms with Crippen molar-refractivity contribution >= 4 is 36.4 Å². The van der Waals surface area contributed by atoms with E-state index < -0.39 is 31.3 Å². The summed E-state index contributed by atoms with van der Waals surface area (Å²) in [4.78, 5) is 47.6. The van der Waals surface area contributed by atoms with Gasteiger partial charge >= 0.3 is 18.0 Å². The van der Waals surface area contributed by atoms with Gasteiger partial charge in [-0.1, -0.05) is 30.3 Å². The first-order chi connectivity index (χ1) is 15.7. The van der Waals surface area contributed by atoms with E-state index in [-0.39, 0.29) is 30.9 Å². The van der Waals surface area contributed by atoms with Crippen LogP contribution < -0.4 is 10.2 Å². The van der Waals surface area contributed by atoms with E-state index in [2.05, 4.69) is 4.74 Å². The third-order valence-electron chi connectivity index (χ3n) is 5.05. The summed E-state index contributed by atoms with van der Waals surface area (Å²) >= 11 is 0. The van der Waals surface area contributed by atoms with Gasteiger partial charge in [-0.3, -0.25) is 19.1 Å². The number of ether oxygens (including phenoxy) is 3. The molecule has 0 aliphatic heterocycles. The maximum Gasteiger partial charge on any atom is 0.414 e. The summed E-state index contributed by atoms with van der Waals surface area (Å²) < 4.78 is 27.5. The fourth-order valence-corrected chi connectivity index (χ4v) is 4.83. The quantitative estimate of drug-likeness (QED) is 0.315. The van der Waals surface area contributed by atoms with E-state index in [0.29, 0.717) is 5.69 Å². The number of amides is 1. The smallest absolute Gasteiger partial charge is 0.414 e. The standard InChI is InChI=1S/C23H28NO8P/c1-24(23(27)32-15-17-7-5-4-6-8-17)19-10-12-20(13-11-19)33(28,29)16-18(22(26)31-3)9-14-21(25)30-2/h4-8,10-13,18H,9,14-16H2,1-3H3,(H,28,29). The molecule has 0 aliphatic rings. The molecule has 2 aromatic rings. The molecule has 0 aliphatic carbocycles. The predicted molar refractivity (Wildman–Crippen MR) is 123 cm³/mol. The molecule has 0 fully saturated rings. The second-order valence-electron chi connectivity index (χ2n) is 7.33. The third kappa shape index (κ3) is 7.73. The van der Waals surface area contributed by atoms with E-state index in [4.69, 9.17) is 9.47 Å². The lowest BCUT2D eigenvalue weighted by molar-refractivity contribution is -0.146. The number of methoxy groups -OCH3 is 2. The number of benzene rings is 2. The van der Waals surface area contributed by atoms with E-state index >= 15 is 0 Å². The van der Waals surface area contributed by atoms with E-state index in [1.807, 2.05) is 30.3 Å². The molecule has 178 valence electrons. The molecule has 2 unspecified atom stereocenters. The monoisotopic (exact) mass is 477 g/mol. The van der Waals surface area contributed by atoms with Crippen LogP contribution in [-0.4, -0.2) is 50.4 Å². The molecule has 2 atom stereocenters. The zero-order chi connectivity index (χ0) is 24.4. The minimum Gasteiger partial charge on any atom is -0.469 e. The topological polar surface area (TPSA) is 119 Å². The molecular formula is C23H28NO8P. The lowest BCUT2D eigenvalue weighted by Crippen LogP contribution is -2.27. The molecule has 33 heavy (non-hydrogen) atoms. The predicted octanol–water partition coefficient (Wildman–Crippen LogP) is 3.10. The SMILES string of the molecule is COC(=O)CCC(CP(=O)(O)c1ccc(N(C)C(=O)OCc2ccccc2)cc1)C(=O)OC. The van der Waals surface area contributed by atoms with Gasteiger partial charge < -0.3 is 19.1 Å². The van der Waals surface area contributed by atoms with Gasteiger partial charge in [0.2, 0.25) is 7.37 Å². The Kier molecular flexibility index (Phi) is 9.63. The van der Waals surface area contributed by atoms with Gasteiger partial charge in [-0.2, -0.15) is 0 Å². The zero-order valence-corrected chi connectivity index (χ0v) is 19.7. The highest BCUT2D eigenvalue weighted by atomic mass is 31.2. The van der Waals surface area contributed by atoms with Gasteiger partial charge in [0.15, 0.2) is 0 Å². The van der Waals surface area contributed by atoms with Crippen molar-refractivity contribution in [3.05, 3.63) is 60.2 Å². The highest BCUT2D eigenvalue weighted by Gasteiger charge is 2.32. The molecule has 0 saturated heterocycles. The molecule has 0 bridgehead atoms. The van der Waals surface area contributed by atoms with Gasteiger partial charge in [0.1, 0.15) is 6.61 Å². The number of nitrogens with zero attached hydrogens (tertiary/aromatic N) is 1. The van der Waals surface area contributed by atoms with Crippen molar-refractivity contribution in [3.8, 4) is 0 Å². The van der Waals surface area contributed by atoms with Crippen molar-refractivity contribution < 1.29 is 38.1 Å². The number of hydrogen-bond acceptors (Lipinski definition) is 7. The minimum absolute atomic E-state index is 0.0258. The Hall–Kier alpha value is -3.16. The Balaban J connectivity index is 2.04. The summed E-state index contributed by atoms with van der Waals surface area (Å²) in [7, 11) is -0.0195. The average molecular weight is 477 g/mol. The van der Waals surface area contributed by atoms with Gasteiger partial charge in [-0.15, -0.1) is 0 Å². The largest absolute Gasteiger partial charge is 0.469 e. The minimum atomic E-state index is -3.95. The van der Waals surface area contributed by atoms with Crippen LogP contribution in [0.1, 0.15) is 18.4 Å². The maximum absolute atomic E-state index is 13.0. The van der Waals surface area contributed by atoms with Gasteiger partial charge in [0.25, 0.3) is 0 Å². The number of carbonyl (C=O) groups excluding carboxylic acids is 3. The van der Waals surface area contributed by atoms with Crippen LogP contribution in [0.3, 0.4) is 0 Å². The van der Waals surface area contributed by atoms with Crippen LogP contribution in [0, 0.1) is 5.92 Å². The summed E-state index contributed by atoms with van der Waals surface area (Å²) in [5.74, 6) is -2.14. The lowest BCUT2D eigenvalue weighted by Gasteiger charge is -2.20. The Bertz CT molecular complexity index is 993. The Morgan fingerprint density at radius 1 is 1.00 bits per heavy atom. The first-order valence-electron chi connectivity index (χ1n) is 10.2. The molecule has 1 N–H and O–H groups in total. The molecule has 2 aromatic carbocycles. The number of esters is 2. The Labute approximate surface area is 192 Å². The first kappa shape index (κ1) is 26.1. The second kappa shape index (κ2) is 12.2. The van der Waals surface area contributed by atoms with E-state index in [0.717, 1.165) is 5.56 Å². The molecule has 10 heteroatoms. The second-order valence-corrected chi connectivity index (χ2v) is 9.62. The molecule has 0 saturated carbocycles. The molecular weight excluding hydrogens is 449 g/mol. The summed E-state index contributed by atoms with van der Waals surface area (Å²) in [5.41, 5.74) is 1.31. The number of anilines is 1. The molecule has 0 aromatic heterocycles. The third-order valence-corrected chi connectivity index (χ3v) is 7.09. The van der Waals surface area contributed by atoms with Crippen molar-refractivity contribution in [2.24, 2.45) is 5.92 Å². The lowest BCUT2D eigenvalue weighted by atomic mass is 10.1. The van der Waals surface area contributed by atoms with E-state index in [1.165, 1.54) is 50.4 Å². The summed E-state index contributed by atoms with van der Waals surface area (Å²) in [6, 6.07) is 15.1.